The molecule has 3 nitrogen and oxygen atoms in total. The van der Waals surface area contributed by atoms with E-state index in [2.05, 4.69) is 0 Å². The van der Waals surface area contributed by atoms with Gasteiger partial charge in [-0.15, -0.1) is 0 Å². The van der Waals surface area contributed by atoms with Gasteiger partial charge in [-0.1, -0.05) is 6.07 Å². The highest BCUT2D eigenvalue weighted by molar-refractivity contribution is 5.51. The normalized spacial score (nSPS) is 11.7. The molecule has 0 saturated heterocycles. The topological polar surface area (TPSA) is 43.7 Å². The molecule has 0 saturated carbocycles. The SMILES string of the molecule is Cc1cc(N(CCO)CC(F)(F)F)ccc1CO. The number of rotatable bonds is 5. The number of halogens is 3. The molecule has 0 heterocycles. The van der Waals surface area contributed by atoms with Crippen LogP contribution in [0.2, 0.25) is 0 Å². The number of aryl methyl sites for hydroxylation is 1. The van der Waals surface area contributed by atoms with Crippen LogP contribution in [0.15, 0.2) is 18.2 Å². The van der Waals surface area contributed by atoms with Crippen molar-refractivity contribution in [1.82, 2.24) is 0 Å². The molecule has 0 unspecified atom stereocenters. The van der Waals surface area contributed by atoms with Crippen molar-refractivity contribution in [3.63, 3.8) is 0 Å². The number of alkyl halides is 3. The van der Waals surface area contributed by atoms with Gasteiger partial charge in [0.1, 0.15) is 6.54 Å². The van der Waals surface area contributed by atoms with Crippen LogP contribution in [0.5, 0.6) is 0 Å². The maximum absolute atomic E-state index is 12.4. The fourth-order valence-corrected chi connectivity index (χ4v) is 1.69. The predicted octanol–water partition coefficient (Wildman–Crippen LogP) is 1.85. The molecular formula is C12H16F3NO2. The molecule has 0 radical (unpaired) electrons. The third kappa shape index (κ3) is 4.19. The Kier molecular flexibility index (Phi) is 4.98. The van der Waals surface area contributed by atoms with Gasteiger partial charge < -0.3 is 15.1 Å². The number of anilines is 1. The third-order valence-electron chi connectivity index (χ3n) is 2.60. The van der Waals surface area contributed by atoms with Crippen molar-refractivity contribution in [2.75, 3.05) is 24.6 Å². The second-order valence-corrected chi connectivity index (χ2v) is 4.03. The Balaban J connectivity index is 2.95. The lowest BCUT2D eigenvalue weighted by atomic mass is 10.1. The zero-order chi connectivity index (χ0) is 13.8. The highest BCUT2D eigenvalue weighted by Gasteiger charge is 2.30. The molecule has 0 spiro atoms. The van der Waals surface area contributed by atoms with Gasteiger partial charge in [0.25, 0.3) is 0 Å². The standard InChI is InChI=1S/C12H16F3NO2/c1-9-6-11(3-2-10(9)7-18)16(4-5-17)8-12(13,14)15/h2-3,6,17-18H,4-5,7-8H2,1H3. The predicted molar refractivity (Wildman–Crippen MR) is 62.5 cm³/mol. The number of benzene rings is 1. The smallest absolute Gasteiger partial charge is 0.395 e. The molecule has 0 fully saturated rings. The monoisotopic (exact) mass is 263 g/mol. The van der Waals surface area contributed by atoms with Crippen LogP contribution in [-0.2, 0) is 6.61 Å². The van der Waals surface area contributed by atoms with E-state index in [1.165, 1.54) is 6.07 Å². The molecule has 0 amide bonds. The first-order valence-corrected chi connectivity index (χ1v) is 5.50. The van der Waals surface area contributed by atoms with Crippen LogP contribution < -0.4 is 4.90 Å². The van der Waals surface area contributed by atoms with Crippen molar-refractivity contribution in [1.29, 1.82) is 0 Å². The average molecular weight is 263 g/mol. The van der Waals surface area contributed by atoms with Crippen LogP contribution in [0.4, 0.5) is 18.9 Å². The number of hydrogen-bond donors (Lipinski definition) is 2. The first kappa shape index (κ1) is 14.8. The van der Waals surface area contributed by atoms with E-state index in [1.54, 1.807) is 19.1 Å². The number of aliphatic hydroxyl groups excluding tert-OH is 2. The van der Waals surface area contributed by atoms with Gasteiger partial charge in [-0.05, 0) is 30.2 Å². The van der Waals surface area contributed by atoms with E-state index in [-0.39, 0.29) is 19.8 Å². The molecule has 0 bridgehead atoms. The molecule has 1 aromatic carbocycles. The number of nitrogens with zero attached hydrogens (tertiary/aromatic N) is 1. The highest BCUT2D eigenvalue weighted by Crippen LogP contribution is 2.24. The molecule has 1 aromatic rings. The molecule has 6 heteroatoms. The van der Waals surface area contributed by atoms with Gasteiger partial charge in [0, 0.05) is 12.2 Å². The summed E-state index contributed by atoms with van der Waals surface area (Å²) in [6, 6.07) is 4.68. The first-order valence-electron chi connectivity index (χ1n) is 5.50. The fourth-order valence-electron chi connectivity index (χ4n) is 1.69. The molecule has 0 aromatic heterocycles. The third-order valence-corrected chi connectivity index (χ3v) is 2.60. The molecule has 0 aliphatic heterocycles. The summed E-state index contributed by atoms with van der Waals surface area (Å²) in [4.78, 5) is 1.06. The molecule has 0 aliphatic rings. The van der Waals surface area contributed by atoms with Gasteiger partial charge in [-0.3, -0.25) is 0 Å². The summed E-state index contributed by atoms with van der Waals surface area (Å²) in [5.74, 6) is 0. The Labute approximate surface area is 103 Å². The molecular weight excluding hydrogens is 247 g/mol. The minimum atomic E-state index is -4.32. The Bertz CT molecular complexity index is 393. The van der Waals surface area contributed by atoms with E-state index in [0.29, 0.717) is 11.3 Å². The van der Waals surface area contributed by atoms with Crippen LogP contribution in [-0.4, -0.2) is 36.1 Å². The van der Waals surface area contributed by atoms with Crippen molar-refractivity contribution >= 4 is 5.69 Å². The van der Waals surface area contributed by atoms with Crippen molar-refractivity contribution in [3.05, 3.63) is 29.3 Å². The van der Waals surface area contributed by atoms with Crippen LogP contribution in [0.3, 0.4) is 0 Å². The lowest BCUT2D eigenvalue weighted by Crippen LogP contribution is -2.36. The van der Waals surface area contributed by atoms with Gasteiger partial charge in [0.05, 0.1) is 13.2 Å². The molecule has 2 N–H and O–H groups in total. The van der Waals surface area contributed by atoms with Crippen molar-refractivity contribution in [2.45, 2.75) is 19.7 Å². The van der Waals surface area contributed by atoms with Gasteiger partial charge in [0.2, 0.25) is 0 Å². The van der Waals surface area contributed by atoms with Crippen LogP contribution in [0, 0.1) is 6.92 Å². The highest BCUT2D eigenvalue weighted by atomic mass is 19.4. The Hall–Kier alpha value is -1.27. The van der Waals surface area contributed by atoms with Crippen LogP contribution >= 0.6 is 0 Å². The number of hydrogen-bond acceptors (Lipinski definition) is 3. The van der Waals surface area contributed by atoms with E-state index >= 15 is 0 Å². The van der Waals surface area contributed by atoms with Crippen molar-refractivity contribution < 1.29 is 23.4 Å². The summed E-state index contributed by atoms with van der Waals surface area (Å²) < 4.78 is 37.2. The zero-order valence-electron chi connectivity index (χ0n) is 10.0. The van der Waals surface area contributed by atoms with Crippen molar-refractivity contribution in [3.8, 4) is 0 Å². The molecule has 18 heavy (non-hydrogen) atoms. The van der Waals surface area contributed by atoms with Gasteiger partial charge >= 0.3 is 6.18 Å². The minimum Gasteiger partial charge on any atom is -0.395 e. The summed E-state index contributed by atoms with van der Waals surface area (Å²) in [6.45, 7) is 0.0327. The maximum atomic E-state index is 12.4. The van der Waals surface area contributed by atoms with Crippen LogP contribution in [0.25, 0.3) is 0 Å². The summed E-state index contributed by atoms with van der Waals surface area (Å²) in [5, 5.41) is 17.8. The second-order valence-electron chi connectivity index (χ2n) is 4.03. The largest absolute Gasteiger partial charge is 0.405 e. The summed E-state index contributed by atoms with van der Waals surface area (Å²) in [7, 11) is 0. The molecule has 102 valence electrons. The summed E-state index contributed by atoms with van der Waals surface area (Å²) >= 11 is 0. The first-order chi connectivity index (χ1) is 8.37. The molecule has 0 atom stereocenters. The van der Waals surface area contributed by atoms with E-state index < -0.39 is 12.7 Å². The molecule has 0 aliphatic carbocycles. The Morgan fingerprint density at radius 1 is 1.22 bits per heavy atom. The quantitative estimate of drug-likeness (QED) is 0.852. The lowest BCUT2D eigenvalue weighted by molar-refractivity contribution is -0.119. The van der Waals surface area contributed by atoms with Crippen molar-refractivity contribution in [2.24, 2.45) is 0 Å². The van der Waals surface area contributed by atoms with Crippen LogP contribution in [0.1, 0.15) is 11.1 Å². The van der Waals surface area contributed by atoms with E-state index in [9.17, 15) is 13.2 Å². The lowest BCUT2D eigenvalue weighted by Gasteiger charge is -2.25. The van der Waals surface area contributed by atoms with Gasteiger partial charge in [0.15, 0.2) is 0 Å². The van der Waals surface area contributed by atoms with E-state index in [1.807, 2.05) is 0 Å². The molecule has 1 rings (SSSR count). The summed E-state index contributed by atoms with van der Waals surface area (Å²) in [5.41, 5.74) is 1.78. The van der Waals surface area contributed by atoms with E-state index in [4.69, 9.17) is 10.2 Å². The fraction of sp³-hybridized carbons (Fsp3) is 0.500. The zero-order valence-corrected chi connectivity index (χ0v) is 10.0. The van der Waals surface area contributed by atoms with Gasteiger partial charge in [-0.2, -0.15) is 13.2 Å². The van der Waals surface area contributed by atoms with Gasteiger partial charge in [-0.25, -0.2) is 0 Å². The summed E-state index contributed by atoms with van der Waals surface area (Å²) in [6.07, 6.45) is -4.32. The average Bonchev–Trinajstić information content (AvgIpc) is 2.26. The number of aliphatic hydroxyl groups is 2. The Morgan fingerprint density at radius 2 is 1.89 bits per heavy atom. The van der Waals surface area contributed by atoms with E-state index in [0.717, 1.165) is 10.5 Å². The maximum Gasteiger partial charge on any atom is 0.405 e. The second kappa shape index (κ2) is 6.06. The minimum absolute atomic E-state index is 0.0859. The Morgan fingerprint density at radius 3 is 2.33 bits per heavy atom.